The molecule has 3 rings (SSSR count). The molecule has 7 nitrogen and oxygen atoms in total. The van der Waals surface area contributed by atoms with Crippen molar-refractivity contribution in [2.75, 3.05) is 23.3 Å². The summed E-state index contributed by atoms with van der Waals surface area (Å²) in [7, 11) is 2.00. The summed E-state index contributed by atoms with van der Waals surface area (Å²) in [5, 5.41) is 11.8. The fraction of sp³-hybridized carbons (Fsp3) is 0.600. The molecular formula is C15H23N7. The molecule has 1 fully saturated rings. The highest BCUT2D eigenvalue weighted by molar-refractivity contribution is 5.48. The van der Waals surface area contributed by atoms with Gasteiger partial charge in [0.15, 0.2) is 5.82 Å². The fourth-order valence-electron chi connectivity index (χ4n) is 2.76. The molecule has 0 aromatic carbocycles. The highest BCUT2D eigenvalue weighted by Gasteiger charge is 2.15. The van der Waals surface area contributed by atoms with Crippen LogP contribution in [0.4, 0.5) is 11.6 Å². The molecule has 2 aromatic heterocycles. The lowest BCUT2D eigenvalue weighted by molar-refractivity contribution is 0.692. The summed E-state index contributed by atoms with van der Waals surface area (Å²) < 4.78 is 2.04. The normalized spacial score (nSPS) is 14.8. The van der Waals surface area contributed by atoms with Gasteiger partial charge in [0.25, 0.3) is 0 Å². The van der Waals surface area contributed by atoms with Gasteiger partial charge in [-0.1, -0.05) is 13.8 Å². The van der Waals surface area contributed by atoms with Crippen molar-refractivity contribution in [2.45, 2.75) is 39.2 Å². The van der Waals surface area contributed by atoms with E-state index in [1.165, 1.54) is 12.8 Å². The Morgan fingerprint density at radius 1 is 1.18 bits per heavy atom. The molecule has 7 heteroatoms. The number of hydrogen-bond donors (Lipinski definition) is 1. The van der Waals surface area contributed by atoms with Gasteiger partial charge in [0.1, 0.15) is 23.8 Å². The van der Waals surface area contributed by atoms with E-state index in [9.17, 15) is 0 Å². The van der Waals surface area contributed by atoms with Crippen LogP contribution in [0.2, 0.25) is 0 Å². The maximum Gasteiger partial charge on any atom is 0.152 e. The number of aromatic nitrogens is 5. The first-order valence-electron chi connectivity index (χ1n) is 7.84. The molecule has 1 saturated heterocycles. The van der Waals surface area contributed by atoms with Crippen LogP contribution >= 0.6 is 0 Å². The first kappa shape index (κ1) is 14.7. The van der Waals surface area contributed by atoms with Crippen LogP contribution in [-0.2, 0) is 13.6 Å². The summed E-state index contributed by atoms with van der Waals surface area (Å²) in [6, 6.07) is 2.01. The van der Waals surface area contributed by atoms with Crippen molar-refractivity contribution in [1.82, 2.24) is 24.7 Å². The quantitative estimate of drug-likeness (QED) is 0.910. The van der Waals surface area contributed by atoms with Crippen LogP contribution in [0.3, 0.4) is 0 Å². The molecule has 118 valence electrons. The third-order valence-corrected chi connectivity index (χ3v) is 4.03. The third-order valence-electron chi connectivity index (χ3n) is 4.03. The molecule has 0 amide bonds. The van der Waals surface area contributed by atoms with Crippen LogP contribution < -0.4 is 10.2 Å². The van der Waals surface area contributed by atoms with E-state index in [1.807, 2.05) is 17.7 Å². The van der Waals surface area contributed by atoms with Gasteiger partial charge in [0.05, 0.1) is 6.54 Å². The number of nitrogens with one attached hydrogen (secondary N) is 1. The van der Waals surface area contributed by atoms with Crippen molar-refractivity contribution in [3.05, 3.63) is 24.0 Å². The Hall–Kier alpha value is -2.18. The van der Waals surface area contributed by atoms with E-state index >= 15 is 0 Å². The van der Waals surface area contributed by atoms with E-state index in [0.717, 1.165) is 36.4 Å². The van der Waals surface area contributed by atoms with Gasteiger partial charge >= 0.3 is 0 Å². The summed E-state index contributed by atoms with van der Waals surface area (Å²) in [6.07, 6.45) is 4.10. The molecule has 1 N–H and O–H groups in total. The Morgan fingerprint density at radius 2 is 1.95 bits per heavy atom. The van der Waals surface area contributed by atoms with Crippen LogP contribution in [-0.4, -0.2) is 37.8 Å². The Bertz CT molecular complexity index is 629. The molecule has 2 aromatic rings. The number of anilines is 2. The topological polar surface area (TPSA) is 71.8 Å². The smallest absolute Gasteiger partial charge is 0.152 e. The summed E-state index contributed by atoms with van der Waals surface area (Å²) in [5.41, 5.74) is 0. The predicted molar refractivity (Wildman–Crippen MR) is 85.9 cm³/mol. The molecular weight excluding hydrogens is 278 g/mol. The van der Waals surface area contributed by atoms with Gasteiger partial charge < -0.3 is 14.8 Å². The molecule has 0 unspecified atom stereocenters. The van der Waals surface area contributed by atoms with Gasteiger partial charge in [0.2, 0.25) is 0 Å². The second-order valence-corrected chi connectivity index (χ2v) is 6.00. The van der Waals surface area contributed by atoms with Crippen molar-refractivity contribution >= 4 is 11.6 Å². The minimum atomic E-state index is 0.368. The lowest BCUT2D eigenvalue weighted by atomic mass is 10.2. The van der Waals surface area contributed by atoms with Gasteiger partial charge in [-0.15, -0.1) is 10.2 Å². The maximum absolute atomic E-state index is 4.36. The molecule has 0 radical (unpaired) electrons. The second-order valence-electron chi connectivity index (χ2n) is 6.00. The highest BCUT2D eigenvalue weighted by atomic mass is 15.3. The largest absolute Gasteiger partial charge is 0.363 e. The first-order chi connectivity index (χ1) is 10.6. The number of hydrogen-bond acceptors (Lipinski definition) is 6. The predicted octanol–water partition coefficient (Wildman–Crippen LogP) is 1.94. The van der Waals surface area contributed by atoms with E-state index in [4.69, 9.17) is 0 Å². The SMILES string of the molecule is CC(C)c1nnc(CNc2cc(N3CCCC3)ncn2)n1C. The molecule has 0 aliphatic carbocycles. The zero-order valence-corrected chi connectivity index (χ0v) is 13.5. The Morgan fingerprint density at radius 3 is 2.64 bits per heavy atom. The monoisotopic (exact) mass is 301 g/mol. The Balaban J connectivity index is 1.67. The third kappa shape index (κ3) is 3.03. The van der Waals surface area contributed by atoms with Crippen LogP contribution in [0.5, 0.6) is 0 Å². The fourth-order valence-corrected chi connectivity index (χ4v) is 2.76. The van der Waals surface area contributed by atoms with E-state index in [1.54, 1.807) is 6.33 Å². The second kappa shape index (κ2) is 6.29. The molecule has 0 spiro atoms. The van der Waals surface area contributed by atoms with Crippen molar-refractivity contribution in [3.8, 4) is 0 Å². The van der Waals surface area contributed by atoms with Crippen LogP contribution in [0.1, 0.15) is 44.3 Å². The van der Waals surface area contributed by atoms with Gasteiger partial charge in [-0.3, -0.25) is 0 Å². The van der Waals surface area contributed by atoms with Crippen molar-refractivity contribution in [3.63, 3.8) is 0 Å². The highest BCUT2D eigenvalue weighted by Crippen LogP contribution is 2.19. The summed E-state index contributed by atoms with van der Waals surface area (Å²) in [5.74, 6) is 4.09. The van der Waals surface area contributed by atoms with Gasteiger partial charge in [-0.05, 0) is 12.8 Å². The van der Waals surface area contributed by atoms with E-state index in [0.29, 0.717) is 12.5 Å². The molecule has 0 atom stereocenters. The van der Waals surface area contributed by atoms with Crippen molar-refractivity contribution in [1.29, 1.82) is 0 Å². The van der Waals surface area contributed by atoms with Gasteiger partial charge in [-0.25, -0.2) is 9.97 Å². The maximum atomic E-state index is 4.36. The lowest BCUT2D eigenvalue weighted by Gasteiger charge is -2.16. The van der Waals surface area contributed by atoms with E-state index in [2.05, 4.69) is 44.2 Å². The standard InChI is InChI=1S/C15H23N7/c1-11(2)15-20-19-14(21(15)3)9-16-12-8-13(18-10-17-12)22-6-4-5-7-22/h8,10-11H,4-7,9H2,1-3H3,(H,16,17,18). The zero-order chi connectivity index (χ0) is 15.5. The average Bonchev–Trinajstić information content (AvgIpc) is 3.15. The zero-order valence-electron chi connectivity index (χ0n) is 13.5. The van der Waals surface area contributed by atoms with Crippen LogP contribution in [0.25, 0.3) is 0 Å². The van der Waals surface area contributed by atoms with Crippen LogP contribution in [0.15, 0.2) is 12.4 Å². The van der Waals surface area contributed by atoms with Gasteiger partial charge in [-0.2, -0.15) is 0 Å². The van der Waals surface area contributed by atoms with E-state index < -0.39 is 0 Å². The molecule has 3 heterocycles. The summed E-state index contributed by atoms with van der Waals surface area (Å²) in [6.45, 7) is 7.00. The van der Waals surface area contributed by atoms with Crippen molar-refractivity contribution in [2.24, 2.45) is 7.05 Å². The number of rotatable bonds is 5. The van der Waals surface area contributed by atoms with Gasteiger partial charge in [0, 0.05) is 32.1 Å². The summed E-state index contributed by atoms with van der Waals surface area (Å²) in [4.78, 5) is 11.0. The molecule has 1 aliphatic rings. The Kier molecular flexibility index (Phi) is 4.22. The molecule has 1 aliphatic heterocycles. The molecule has 22 heavy (non-hydrogen) atoms. The minimum absolute atomic E-state index is 0.368. The Labute approximate surface area is 130 Å². The molecule has 0 bridgehead atoms. The number of nitrogens with zero attached hydrogens (tertiary/aromatic N) is 6. The van der Waals surface area contributed by atoms with E-state index in [-0.39, 0.29) is 0 Å². The average molecular weight is 301 g/mol. The van der Waals surface area contributed by atoms with Crippen LogP contribution in [0, 0.1) is 0 Å². The van der Waals surface area contributed by atoms with Crippen molar-refractivity contribution < 1.29 is 0 Å². The minimum Gasteiger partial charge on any atom is -0.363 e. The lowest BCUT2D eigenvalue weighted by Crippen LogP contribution is -2.19. The first-order valence-corrected chi connectivity index (χ1v) is 7.84. The summed E-state index contributed by atoms with van der Waals surface area (Å²) >= 11 is 0. The molecule has 0 saturated carbocycles.